The van der Waals surface area contributed by atoms with Gasteiger partial charge in [-0.2, -0.15) is 10.1 Å². The molecule has 1 aromatic heterocycles. The van der Waals surface area contributed by atoms with Crippen molar-refractivity contribution in [2.45, 2.75) is 13.0 Å². The van der Waals surface area contributed by atoms with E-state index in [-0.39, 0.29) is 12.2 Å². The smallest absolute Gasteiger partial charge is 0.338 e. The van der Waals surface area contributed by atoms with Crippen LogP contribution < -0.4 is 10.4 Å². The molecule has 2 aromatic carbocycles. The van der Waals surface area contributed by atoms with Gasteiger partial charge in [-0.15, -0.1) is 0 Å². The number of carboxylic acid groups (broad SMARTS) is 1. The number of hydrogen-bond donors (Lipinski definition) is 1. The molecule has 8 heteroatoms. The lowest BCUT2D eigenvalue weighted by Gasteiger charge is -2.29. The van der Waals surface area contributed by atoms with Crippen molar-refractivity contribution in [2.24, 2.45) is 0 Å². The maximum Gasteiger partial charge on any atom is 0.338 e. The normalized spacial score (nSPS) is 15.4. The topological polar surface area (TPSA) is 109 Å². The molecule has 0 spiro atoms. The molecule has 0 fully saturated rings. The summed E-state index contributed by atoms with van der Waals surface area (Å²) in [6, 6.07) is 14.9. The largest absolute Gasteiger partial charge is 0.545 e. The van der Waals surface area contributed by atoms with Crippen LogP contribution in [0.5, 0.6) is 0 Å². The van der Waals surface area contributed by atoms with Crippen LogP contribution in [0.1, 0.15) is 34.5 Å². The summed E-state index contributed by atoms with van der Waals surface area (Å²) in [5.41, 5.74) is 2.43. The van der Waals surface area contributed by atoms with Gasteiger partial charge in [-0.1, -0.05) is 54.6 Å². The van der Waals surface area contributed by atoms with Crippen molar-refractivity contribution < 1.29 is 19.4 Å². The van der Waals surface area contributed by atoms with Crippen LogP contribution in [0.25, 0.3) is 5.70 Å². The zero-order valence-electron chi connectivity index (χ0n) is 15.5. The van der Waals surface area contributed by atoms with E-state index in [0.717, 1.165) is 5.56 Å². The highest BCUT2D eigenvalue weighted by Crippen LogP contribution is 2.38. The first-order chi connectivity index (χ1) is 14.1. The van der Waals surface area contributed by atoms with E-state index in [4.69, 9.17) is 4.74 Å². The number of anilines is 1. The van der Waals surface area contributed by atoms with Crippen molar-refractivity contribution in [3.05, 3.63) is 83.2 Å². The van der Waals surface area contributed by atoms with E-state index < -0.39 is 18.0 Å². The quantitative estimate of drug-likeness (QED) is 0.661. The van der Waals surface area contributed by atoms with Gasteiger partial charge in [0.05, 0.1) is 23.8 Å². The van der Waals surface area contributed by atoms with Gasteiger partial charge in [-0.05, 0) is 23.6 Å². The molecule has 0 saturated heterocycles. The van der Waals surface area contributed by atoms with Gasteiger partial charge in [0, 0.05) is 0 Å². The van der Waals surface area contributed by atoms with E-state index in [1.165, 1.54) is 18.5 Å². The van der Waals surface area contributed by atoms with Gasteiger partial charge >= 0.3 is 5.97 Å². The Morgan fingerprint density at radius 1 is 1.14 bits per heavy atom. The third kappa shape index (κ3) is 3.36. The summed E-state index contributed by atoms with van der Waals surface area (Å²) in [5, 5.41) is 18.5. The molecule has 8 nitrogen and oxygen atoms in total. The van der Waals surface area contributed by atoms with E-state index in [1.54, 1.807) is 23.7 Å². The fraction of sp³-hybridized carbons (Fsp3) is 0.143. The molecule has 29 heavy (non-hydrogen) atoms. The Balaban J connectivity index is 1.92. The van der Waals surface area contributed by atoms with Crippen LogP contribution in [0, 0.1) is 0 Å². The van der Waals surface area contributed by atoms with Crippen LogP contribution in [0.15, 0.2) is 66.5 Å². The summed E-state index contributed by atoms with van der Waals surface area (Å²) >= 11 is 0. The van der Waals surface area contributed by atoms with Gasteiger partial charge in [0.15, 0.2) is 0 Å². The Kier molecular flexibility index (Phi) is 4.82. The Labute approximate surface area is 166 Å². The van der Waals surface area contributed by atoms with Crippen LogP contribution in [-0.2, 0) is 9.53 Å². The van der Waals surface area contributed by atoms with Crippen LogP contribution >= 0.6 is 0 Å². The molecule has 2 heterocycles. The minimum Gasteiger partial charge on any atom is -0.545 e. The first-order valence-electron chi connectivity index (χ1n) is 9.04. The molecule has 4 rings (SSSR count). The van der Waals surface area contributed by atoms with Crippen LogP contribution in [0.4, 0.5) is 5.95 Å². The lowest BCUT2D eigenvalue weighted by Crippen LogP contribution is -2.30. The summed E-state index contributed by atoms with van der Waals surface area (Å²) in [7, 11) is 0. The molecule has 0 bridgehead atoms. The van der Waals surface area contributed by atoms with Gasteiger partial charge < -0.3 is 20.0 Å². The zero-order chi connectivity index (χ0) is 20.4. The number of nitrogens with one attached hydrogen (secondary N) is 1. The number of rotatable bonds is 5. The van der Waals surface area contributed by atoms with Gasteiger partial charge in [-0.3, -0.25) is 0 Å². The molecule has 146 valence electrons. The molecule has 1 N–H and O–H groups in total. The van der Waals surface area contributed by atoms with Crippen molar-refractivity contribution in [1.29, 1.82) is 0 Å². The third-order valence-electron chi connectivity index (χ3n) is 4.62. The molecule has 1 atom stereocenters. The molecule has 0 aliphatic carbocycles. The fourth-order valence-electron chi connectivity index (χ4n) is 3.33. The maximum atomic E-state index is 13.0. The molecule has 1 aliphatic heterocycles. The molecular formula is C21H17N4O4-. The number of hydrogen-bond acceptors (Lipinski definition) is 7. The number of esters is 1. The van der Waals surface area contributed by atoms with Gasteiger partial charge in [-0.25, -0.2) is 9.48 Å². The SMILES string of the molecule is CCOC(=O)C1=C(c2ccccc2)Nc2ncnn2[C@@H]1c1ccc(C(=O)[O-])cc1. The molecule has 0 saturated carbocycles. The number of aromatic nitrogens is 3. The average molecular weight is 389 g/mol. The standard InChI is InChI=1S/C21H18N4O4/c1-2-29-20(28)16-17(13-6-4-3-5-7-13)24-21-22-12-23-25(21)18(16)14-8-10-15(11-9-14)19(26)27/h3-12,18H,2H2,1H3,(H,26,27)(H,22,23,24)/p-1/t18-/m1/s1. The summed E-state index contributed by atoms with van der Waals surface area (Å²) < 4.78 is 6.91. The highest BCUT2D eigenvalue weighted by molar-refractivity contribution is 6.02. The van der Waals surface area contributed by atoms with Gasteiger partial charge in [0.1, 0.15) is 12.4 Å². The number of carbonyl (C=O) groups excluding carboxylic acids is 2. The molecule has 3 aromatic rings. The molecular weight excluding hydrogens is 372 g/mol. The van der Waals surface area contributed by atoms with Crippen LogP contribution in [-0.4, -0.2) is 33.3 Å². The molecule has 0 radical (unpaired) electrons. The Bertz CT molecular complexity index is 1090. The number of fused-ring (bicyclic) bond motifs is 1. The predicted molar refractivity (Wildman–Crippen MR) is 103 cm³/mol. The predicted octanol–water partition coefficient (Wildman–Crippen LogP) is 1.63. The maximum absolute atomic E-state index is 13.0. The monoisotopic (exact) mass is 389 g/mol. The van der Waals surface area contributed by atoms with Crippen LogP contribution in [0.2, 0.25) is 0 Å². The Morgan fingerprint density at radius 3 is 2.52 bits per heavy atom. The van der Waals surface area contributed by atoms with Crippen molar-refractivity contribution >= 4 is 23.6 Å². The minimum atomic E-state index is -1.27. The first kappa shape index (κ1) is 18.4. The summed E-state index contributed by atoms with van der Waals surface area (Å²) in [5.74, 6) is -1.30. The lowest BCUT2D eigenvalue weighted by molar-refractivity contribution is -0.255. The van der Waals surface area contributed by atoms with E-state index in [9.17, 15) is 14.7 Å². The van der Waals surface area contributed by atoms with E-state index in [0.29, 0.717) is 22.8 Å². The van der Waals surface area contributed by atoms with Crippen molar-refractivity contribution in [3.8, 4) is 0 Å². The van der Waals surface area contributed by atoms with E-state index >= 15 is 0 Å². The number of nitrogens with zero attached hydrogens (tertiary/aromatic N) is 3. The minimum absolute atomic E-state index is 0.0476. The number of benzene rings is 2. The van der Waals surface area contributed by atoms with Crippen molar-refractivity contribution in [3.63, 3.8) is 0 Å². The van der Waals surface area contributed by atoms with Gasteiger partial charge in [0.2, 0.25) is 5.95 Å². The highest BCUT2D eigenvalue weighted by atomic mass is 16.5. The summed E-state index contributed by atoms with van der Waals surface area (Å²) in [4.78, 5) is 28.3. The average Bonchev–Trinajstić information content (AvgIpc) is 3.21. The molecule has 0 unspecified atom stereocenters. The number of carboxylic acids is 1. The molecule has 1 aliphatic rings. The Morgan fingerprint density at radius 2 is 1.86 bits per heavy atom. The number of ether oxygens (including phenoxy) is 1. The first-order valence-corrected chi connectivity index (χ1v) is 9.04. The second-order valence-corrected chi connectivity index (χ2v) is 6.34. The third-order valence-corrected chi connectivity index (χ3v) is 4.62. The summed E-state index contributed by atoms with van der Waals surface area (Å²) in [6.45, 7) is 1.95. The lowest BCUT2D eigenvalue weighted by atomic mass is 9.92. The molecule has 0 amide bonds. The second kappa shape index (κ2) is 7.59. The van der Waals surface area contributed by atoms with Gasteiger partial charge in [0.25, 0.3) is 0 Å². The second-order valence-electron chi connectivity index (χ2n) is 6.34. The zero-order valence-corrected chi connectivity index (χ0v) is 15.5. The highest BCUT2D eigenvalue weighted by Gasteiger charge is 2.36. The Hall–Kier alpha value is -3.94. The van der Waals surface area contributed by atoms with Crippen LogP contribution in [0.3, 0.4) is 0 Å². The summed E-state index contributed by atoms with van der Waals surface area (Å²) in [6.07, 6.45) is 1.39. The number of aromatic carboxylic acids is 1. The number of carbonyl (C=O) groups is 2. The van der Waals surface area contributed by atoms with E-state index in [1.807, 2.05) is 30.3 Å². The van der Waals surface area contributed by atoms with E-state index in [2.05, 4.69) is 15.4 Å². The van der Waals surface area contributed by atoms with Crippen molar-refractivity contribution in [1.82, 2.24) is 14.8 Å². The fourth-order valence-corrected chi connectivity index (χ4v) is 3.33. The van der Waals surface area contributed by atoms with Crippen molar-refractivity contribution in [2.75, 3.05) is 11.9 Å².